The minimum absolute atomic E-state index is 1.30. The summed E-state index contributed by atoms with van der Waals surface area (Å²) in [7, 11) is 0. The Morgan fingerprint density at radius 2 is 1.86 bits per heavy atom. The molecule has 0 nitrogen and oxygen atoms in total. The summed E-state index contributed by atoms with van der Waals surface area (Å²) in [5.74, 6) is 0. The van der Waals surface area contributed by atoms with Gasteiger partial charge in [-0.3, -0.25) is 0 Å². The number of benzene rings is 1. The molecule has 1 radical (unpaired) electrons. The summed E-state index contributed by atoms with van der Waals surface area (Å²) in [6, 6.07) is 10.8. The Labute approximate surface area is 54.5 Å². The zero-order valence-electron chi connectivity index (χ0n) is 3.72. The van der Waals surface area contributed by atoms with Crippen LogP contribution in [-0.4, -0.2) is 0 Å². The van der Waals surface area contributed by atoms with Gasteiger partial charge in [-0.15, -0.1) is 0 Å². The molecule has 7 heavy (non-hydrogen) atoms. The third kappa shape index (κ3) is 1.44. The average molecular weight is 172 g/mol. The quantitative estimate of drug-likeness (QED) is 0.504. The van der Waals surface area contributed by atoms with Crippen LogP contribution in [0.1, 0.15) is 0 Å². The van der Waals surface area contributed by atoms with Gasteiger partial charge in [-0.25, -0.2) is 0 Å². The van der Waals surface area contributed by atoms with E-state index in [1.807, 2.05) is 44.1 Å². The Balaban J connectivity index is 3.02. The second kappa shape index (κ2) is 2.28. The van der Waals surface area contributed by atoms with Crippen molar-refractivity contribution in [2.45, 2.75) is 0 Å². The van der Waals surface area contributed by atoms with Gasteiger partial charge in [-0.1, -0.05) is 0 Å². The molecular formula is C6H4Mo. The molecule has 0 fully saturated rings. The van der Waals surface area contributed by atoms with Gasteiger partial charge in [0.25, 0.3) is 0 Å². The summed E-state index contributed by atoms with van der Waals surface area (Å²) in [5, 5.41) is 0. The van der Waals surface area contributed by atoms with Crippen molar-refractivity contribution in [3.63, 3.8) is 0 Å². The summed E-state index contributed by atoms with van der Waals surface area (Å²) in [6.07, 6.45) is 0. The molecule has 0 spiro atoms. The van der Waals surface area contributed by atoms with Crippen LogP contribution in [-0.2, 0) is 19.8 Å². The van der Waals surface area contributed by atoms with Crippen molar-refractivity contribution < 1.29 is 19.8 Å². The molecule has 0 atom stereocenters. The molecule has 0 heterocycles. The number of hydrogen-bond acceptors (Lipinski definition) is 0. The summed E-state index contributed by atoms with van der Waals surface area (Å²) >= 11 is 2.00. The van der Waals surface area contributed by atoms with E-state index >= 15 is 0 Å². The first-order chi connectivity index (χ1) is 3.39. The topological polar surface area (TPSA) is 0 Å². The second-order valence-electron chi connectivity index (χ2n) is 1.24. The van der Waals surface area contributed by atoms with Crippen LogP contribution in [0, 0.1) is 6.07 Å². The Hall–Kier alpha value is -0.0917. The van der Waals surface area contributed by atoms with Crippen molar-refractivity contribution in [1.29, 1.82) is 0 Å². The third-order valence-corrected chi connectivity index (χ3v) is 1.36. The maximum atomic E-state index is 2.93. The molecule has 0 bridgehead atoms. The van der Waals surface area contributed by atoms with Crippen LogP contribution in [0.2, 0.25) is 0 Å². The van der Waals surface area contributed by atoms with Crippen molar-refractivity contribution in [3.05, 3.63) is 30.3 Å². The van der Waals surface area contributed by atoms with Crippen LogP contribution in [0.15, 0.2) is 24.3 Å². The van der Waals surface area contributed by atoms with E-state index < -0.39 is 0 Å². The summed E-state index contributed by atoms with van der Waals surface area (Å²) in [4.78, 5) is 0. The van der Waals surface area contributed by atoms with Crippen molar-refractivity contribution in [2.24, 2.45) is 0 Å². The minimum atomic E-state index is 1.30. The van der Waals surface area contributed by atoms with Gasteiger partial charge in [0.15, 0.2) is 0 Å². The molecule has 0 aliphatic heterocycles. The van der Waals surface area contributed by atoms with E-state index in [0.717, 1.165) is 0 Å². The molecule has 1 aromatic carbocycles. The number of hydrogen-bond donors (Lipinski definition) is 0. The molecule has 0 aromatic heterocycles. The van der Waals surface area contributed by atoms with Crippen molar-refractivity contribution in [1.82, 2.24) is 0 Å². The van der Waals surface area contributed by atoms with Gasteiger partial charge in [0, 0.05) is 0 Å². The molecule has 0 aliphatic rings. The Morgan fingerprint density at radius 3 is 2.14 bits per heavy atom. The zero-order chi connectivity index (χ0) is 5.11. The predicted octanol–water partition coefficient (Wildman–Crippen LogP) is 0.659. The van der Waals surface area contributed by atoms with E-state index in [1.54, 1.807) is 0 Å². The molecule has 0 N–H and O–H groups in total. The van der Waals surface area contributed by atoms with Crippen molar-refractivity contribution in [2.75, 3.05) is 0 Å². The number of rotatable bonds is 0. The van der Waals surface area contributed by atoms with Crippen LogP contribution >= 0.6 is 0 Å². The third-order valence-electron chi connectivity index (χ3n) is 0.688. The second-order valence-corrected chi connectivity index (χ2v) is 2.39. The fourth-order valence-corrected chi connectivity index (χ4v) is 0.706. The molecule has 1 heteroatoms. The van der Waals surface area contributed by atoms with Crippen molar-refractivity contribution in [3.8, 4) is 0 Å². The first kappa shape index (κ1) is 5.05. The zero-order valence-corrected chi connectivity index (χ0v) is 5.72. The monoisotopic (exact) mass is 174 g/mol. The summed E-state index contributed by atoms with van der Waals surface area (Å²) in [6.45, 7) is 0. The van der Waals surface area contributed by atoms with E-state index in [0.29, 0.717) is 0 Å². The van der Waals surface area contributed by atoms with Gasteiger partial charge in [0.2, 0.25) is 0 Å². The molecule has 34 valence electrons. The van der Waals surface area contributed by atoms with Crippen molar-refractivity contribution >= 4 is 3.95 Å². The first-order valence-corrected chi connectivity index (χ1v) is 3.03. The molecule has 0 unspecified atom stereocenters. The van der Waals surface area contributed by atoms with Crippen LogP contribution in [0.4, 0.5) is 0 Å². The average Bonchev–Trinajstić information content (AvgIpc) is 1.69. The fourth-order valence-electron chi connectivity index (χ4n) is 0.372. The molecule has 1 aromatic rings. The maximum absolute atomic E-state index is 2.93. The predicted molar refractivity (Wildman–Crippen MR) is 24.9 cm³/mol. The fraction of sp³-hybridized carbons (Fsp3) is 0. The Bertz CT molecular complexity index is 134. The first-order valence-electron chi connectivity index (χ1n) is 2.03. The summed E-state index contributed by atoms with van der Waals surface area (Å²) in [5.41, 5.74) is 0. The molecule has 0 saturated carbocycles. The van der Waals surface area contributed by atoms with E-state index in [1.165, 1.54) is 3.95 Å². The molecular weight excluding hydrogens is 168 g/mol. The van der Waals surface area contributed by atoms with Crippen LogP contribution in [0.25, 0.3) is 0 Å². The Morgan fingerprint density at radius 1 is 1.29 bits per heavy atom. The standard InChI is InChI=1S/C6H4.Mo/c1-2-4-6-5-3-1;/h1-2,5-6H;. The van der Waals surface area contributed by atoms with Gasteiger partial charge < -0.3 is 0 Å². The van der Waals surface area contributed by atoms with Gasteiger partial charge in [-0.05, 0) is 0 Å². The van der Waals surface area contributed by atoms with Gasteiger partial charge in [-0.2, -0.15) is 0 Å². The van der Waals surface area contributed by atoms with Crippen LogP contribution in [0.3, 0.4) is 0 Å². The normalized spacial score (nSPS) is 8.57. The van der Waals surface area contributed by atoms with Gasteiger partial charge in [0.05, 0.1) is 0 Å². The van der Waals surface area contributed by atoms with E-state index in [2.05, 4.69) is 6.07 Å². The Kier molecular flexibility index (Phi) is 1.64. The molecule has 1 rings (SSSR count). The van der Waals surface area contributed by atoms with E-state index in [-0.39, 0.29) is 0 Å². The summed E-state index contributed by atoms with van der Waals surface area (Å²) < 4.78 is 1.30. The van der Waals surface area contributed by atoms with Crippen LogP contribution < -0.4 is 3.95 Å². The van der Waals surface area contributed by atoms with E-state index in [4.69, 9.17) is 0 Å². The molecule has 0 amide bonds. The molecule has 0 aliphatic carbocycles. The van der Waals surface area contributed by atoms with E-state index in [9.17, 15) is 0 Å². The van der Waals surface area contributed by atoms with Gasteiger partial charge >= 0.3 is 54.1 Å². The molecule has 0 saturated heterocycles. The SMILES string of the molecule is [Mo][c]1cc[c]cc1. The van der Waals surface area contributed by atoms with Crippen LogP contribution in [0.5, 0.6) is 0 Å². The van der Waals surface area contributed by atoms with Gasteiger partial charge in [0.1, 0.15) is 0 Å².